The van der Waals surface area contributed by atoms with E-state index in [1.54, 1.807) is 0 Å². The van der Waals surface area contributed by atoms with Crippen LogP contribution in [0.1, 0.15) is 49.5 Å². The number of piperazine rings is 1. The summed E-state index contributed by atoms with van der Waals surface area (Å²) in [7, 11) is 0. The smallest absolute Gasteiger partial charge is 0.255 e. The Morgan fingerprint density at radius 3 is 1.93 bits per heavy atom. The van der Waals surface area contributed by atoms with E-state index in [4.69, 9.17) is 0 Å². The molecule has 5 nitrogen and oxygen atoms in total. The molecule has 0 aliphatic carbocycles. The second kappa shape index (κ2) is 9.12. The van der Waals surface area contributed by atoms with Gasteiger partial charge < -0.3 is 15.1 Å². The van der Waals surface area contributed by atoms with Gasteiger partial charge in [0.1, 0.15) is 0 Å². The number of nitrogens with zero attached hydrogens (tertiary/aromatic N) is 2. The molecule has 154 valence electrons. The molecule has 0 bridgehead atoms. The first kappa shape index (κ1) is 20.9. The van der Waals surface area contributed by atoms with E-state index in [9.17, 15) is 9.59 Å². The molecule has 0 spiro atoms. The standard InChI is InChI=1S/C24H31N3O2/c1-17(2)19-5-7-20(8-6-19)23(28)25-21-9-11-22(12-10-21)26-13-15-27(16-14-26)24(29)18(3)4/h5-12,17-18H,13-16H2,1-4H3,(H,25,28). The molecule has 0 aromatic heterocycles. The summed E-state index contributed by atoms with van der Waals surface area (Å²) in [5, 5.41) is 2.96. The molecule has 0 radical (unpaired) electrons. The van der Waals surface area contributed by atoms with Crippen LogP contribution in [0.2, 0.25) is 0 Å². The largest absolute Gasteiger partial charge is 0.368 e. The van der Waals surface area contributed by atoms with Crippen LogP contribution in [0.4, 0.5) is 11.4 Å². The van der Waals surface area contributed by atoms with Crippen LogP contribution >= 0.6 is 0 Å². The number of hydrogen-bond donors (Lipinski definition) is 1. The second-order valence-corrected chi connectivity index (χ2v) is 8.24. The Balaban J connectivity index is 1.56. The van der Waals surface area contributed by atoms with E-state index in [0.717, 1.165) is 37.6 Å². The SMILES string of the molecule is CC(C)C(=O)N1CCN(c2ccc(NC(=O)c3ccc(C(C)C)cc3)cc2)CC1. The minimum absolute atomic E-state index is 0.0472. The number of carbonyl (C=O) groups is 2. The summed E-state index contributed by atoms with van der Waals surface area (Å²) in [5.41, 5.74) is 3.77. The molecule has 0 unspecified atom stereocenters. The molecule has 1 heterocycles. The van der Waals surface area contributed by atoms with Crippen LogP contribution in [-0.2, 0) is 4.79 Å². The maximum Gasteiger partial charge on any atom is 0.255 e. The Kier molecular flexibility index (Phi) is 6.57. The molecule has 2 aromatic rings. The predicted molar refractivity (Wildman–Crippen MR) is 119 cm³/mol. The summed E-state index contributed by atoms with van der Waals surface area (Å²) in [6.45, 7) is 11.3. The van der Waals surface area contributed by atoms with Crippen molar-refractivity contribution < 1.29 is 9.59 Å². The van der Waals surface area contributed by atoms with Crippen molar-refractivity contribution in [2.24, 2.45) is 5.92 Å². The lowest BCUT2D eigenvalue weighted by Gasteiger charge is -2.37. The molecule has 5 heteroatoms. The molecule has 3 rings (SSSR count). The molecular weight excluding hydrogens is 362 g/mol. The van der Waals surface area contributed by atoms with Crippen LogP contribution < -0.4 is 10.2 Å². The normalized spacial score (nSPS) is 14.4. The van der Waals surface area contributed by atoms with Crippen molar-refractivity contribution in [1.82, 2.24) is 4.90 Å². The highest BCUT2D eigenvalue weighted by atomic mass is 16.2. The van der Waals surface area contributed by atoms with Gasteiger partial charge in [-0.3, -0.25) is 9.59 Å². The van der Waals surface area contributed by atoms with Gasteiger partial charge in [-0.25, -0.2) is 0 Å². The van der Waals surface area contributed by atoms with Crippen molar-refractivity contribution in [3.05, 3.63) is 59.7 Å². The minimum atomic E-state index is -0.103. The lowest BCUT2D eigenvalue weighted by molar-refractivity contribution is -0.134. The van der Waals surface area contributed by atoms with Gasteiger partial charge in [0.05, 0.1) is 0 Å². The summed E-state index contributed by atoms with van der Waals surface area (Å²) in [6, 6.07) is 15.7. The van der Waals surface area contributed by atoms with E-state index in [1.165, 1.54) is 5.56 Å². The highest BCUT2D eigenvalue weighted by Crippen LogP contribution is 2.21. The van der Waals surface area contributed by atoms with Gasteiger partial charge in [-0.1, -0.05) is 39.8 Å². The Morgan fingerprint density at radius 2 is 1.41 bits per heavy atom. The minimum Gasteiger partial charge on any atom is -0.368 e. The van der Waals surface area contributed by atoms with Crippen LogP contribution in [0.25, 0.3) is 0 Å². The number of amides is 2. The third-order valence-electron chi connectivity index (χ3n) is 5.42. The Hall–Kier alpha value is -2.82. The molecule has 1 aliphatic rings. The Morgan fingerprint density at radius 1 is 0.828 bits per heavy atom. The van der Waals surface area contributed by atoms with E-state index in [2.05, 4.69) is 24.1 Å². The van der Waals surface area contributed by atoms with Gasteiger partial charge in [0.25, 0.3) is 5.91 Å². The van der Waals surface area contributed by atoms with Crippen LogP contribution in [0.15, 0.2) is 48.5 Å². The van der Waals surface area contributed by atoms with Crippen molar-refractivity contribution in [2.45, 2.75) is 33.6 Å². The third-order valence-corrected chi connectivity index (χ3v) is 5.42. The van der Waals surface area contributed by atoms with Crippen molar-refractivity contribution in [1.29, 1.82) is 0 Å². The molecule has 2 amide bonds. The topological polar surface area (TPSA) is 52.7 Å². The van der Waals surface area contributed by atoms with Gasteiger partial charge in [-0.2, -0.15) is 0 Å². The Bertz CT molecular complexity index is 833. The van der Waals surface area contributed by atoms with Gasteiger partial charge in [-0.15, -0.1) is 0 Å². The van der Waals surface area contributed by atoms with E-state index in [1.807, 2.05) is 67.3 Å². The zero-order valence-electron chi connectivity index (χ0n) is 17.8. The van der Waals surface area contributed by atoms with Gasteiger partial charge in [0.15, 0.2) is 0 Å². The Labute approximate surface area is 173 Å². The first-order valence-corrected chi connectivity index (χ1v) is 10.4. The van der Waals surface area contributed by atoms with Gasteiger partial charge in [0, 0.05) is 49.0 Å². The van der Waals surface area contributed by atoms with E-state index >= 15 is 0 Å². The summed E-state index contributed by atoms with van der Waals surface area (Å²) >= 11 is 0. The highest BCUT2D eigenvalue weighted by molar-refractivity contribution is 6.04. The number of anilines is 2. The number of benzene rings is 2. The molecule has 29 heavy (non-hydrogen) atoms. The first-order chi connectivity index (χ1) is 13.8. The van der Waals surface area contributed by atoms with Crippen molar-refractivity contribution >= 4 is 23.2 Å². The molecule has 0 saturated carbocycles. The van der Waals surface area contributed by atoms with Crippen LogP contribution in [0.3, 0.4) is 0 Å². The molecule has 1 N–H and O–H groups in total. The second-order valence-electron chi connectivity index (χ2n) is 8.24. The summed E-state index contributed by atoms with van der Waals surface area (Å²) in [4.78, 5) is 28.8. The number of hydrogen-bond acceptors (Lipinski definition) is 3. The van der Waals surface area contributed by atoms with Crippen molar-refractivity contribution in [3.8, 4) is 0 Å². The monoisotopic (exact) mass is 393 g/mol. The van der Waals surface area contributed by atoms with Crippen molar-refractivity contribution in [3.63, 3.8) is 0 Å². The van der Waals surface area contributed by atoms with Crippen LogP contribution in [0, 0.1) is 5.92 Å². The fourth-order valence-corrected chi connectivity index (χ4v) is 3.53. The highest BCUT2D eigenvalue weighted by Gasteiger charge is 2.22. The fraction of sp³-hybridized carbons (Fsp3) is 0.417. The summed E-state index contributed by atoms with van der Waals surface area (Å²) < 4.78 is 0. The molecule has 1 fully saturated rings. The van der Waals surface area contributed by atoms with Crippen LogP contribution in [0.5, 0.6) is 0 Å². The van der Waals surface area contributed by atoms with Crippen molar-refractivity contribution in [2.75, 3.05) is 36.4 Å². The molecular formula is C24H31N3O2. The van der Waals surface area contributed by atoms with Gasteiger partial charge in [-0.05, 0) is 47.9 Å². The van der Waals surface area contributed by atoms with Gasteiger partial charge >= 0.3 is 0 Å². The number of carbonyl (C=O) groups excluding carboxylic acids is 2. The molecule has 1 aliphatic heterocycles. The maximum atomic E-state index is 12.5. The third kappa shape index (κ3) is 5.17. The fourth-order valence-electron chi connectivity index (χ4n) is 3.53. The predicted octanol–water partition coefficient (Wildman–Crippen LogP) is 4.37. The lowest BCUT2D eigenvalue weighted by Crippen LogP contribution is -2.49. The molecule has 2 aromatic carbocycles. The summed E-state index contributed by atoms with van der Waals surface area (Å²) in [5.74, 6) is 0.619. The average molecular weight is 394 g/mol. The molecule has 0 atom stereocenters. The maximum absolute atomic E-state index is 12.5. The zero-order chi connectivity index (χ0) is 21.0. The quantitative estimate of drug-likeness (QED) is 0.821. The first-order valence-electron chi connectivity index (χ1n) is 10.4. The van der Waals surface area contributed by atoms with Gasteiger partial charge in [0.2, 0.25) is 5.91 Å². The number of nitrogens with one attached hydrogen (secondary N) is 1. The number of rotatable bonds is 5. The van der Waals surface area contributed by atoms with Crippen LogP contribution in [-0.4, -0.2) is 42.9 Å². The summed E-state index contributed by atoms with van der Waals surface area (Å²) in [6.07, 6.45) is 0. The lowest BCUT2D eigenvalue weighted by atomic mass is 10.0. The molecule has 1 saturated heterocycles. The van der Waals surface area contributed by atoms with E-state index < -0.39 is 0 Å². The average Bonchev–Trinajstić information content (AvgIpc) is 2.74. The zero-order valence-corrected chi connectivity index (χ0v) is 17.8. The van der Waals surface area contributed by atoms with E-state index in [0.29, 0.717) is 11.5 Å². The van der Waals surface area contributed by atoms with E-state index in [-0.39, 0.29) is 17.7 Å².